The molecule has 1 N–H and O–H groups in total. The minimum Gasteiger partial charge on any atom is -1.00 e. The summed E-state index contributed by atoms with van der Waals surface area (Å²) in [6.45, 7) is 10.2. The molecular formula is C17H36CaO2. The van der Waals surface area contributed by atoms with Gasteiger partial charge in [0, 0.05) is 0 Å². The van der Waals surface area contributed by atoms with Crippen LogP contribution in [-0.4, -0.2) is 48.8 Å². The van der Waals surface area contributed by atoms with Crippen molar-refractivity contribution >= 4 is 43.7 Å². The number of unbranched alkanes of at least 4 members (excludes halogenated alkanes) is 7. The van der Waals surface area contributed by atoms with Crippen LogP contribution in [0.2, 0.25) is 0 Å². The van der Waals surface area contributed by atoms with Gasteiger partial charge in [0.15, 0.2) is 0 Å². The van der Waals surface area contributed by atoms with Crippen molar-refractivity contribution in [2.45, 2.75) is 92.4 Å². The Bertz CT molecular complexity index is 268. The van der Waals surface area contributed by atoms with Crippen molar-refractivity contribution in [3.05, 3.63) is 0 Å². The maximum Gasteiger partial charge on any atom is 2.00 e. The van der Waals surface area contributed by atoms with Crippen LogP contribution in [0.1, 0.15) is 95.3 Å². The third kappa shape index (κ3) is 8.24. The van der Waals surface area contributed by atoms with Gasteiger partial charge in [-0.05, 0) is 18.8 Å². The van der Waals surface area contributed by atoms with Gasteiger partial charge in [0.05, 0.1) is 5.41 Å². The fourth-order valence-electron chi connectivity index (χ4n) is 2.42. The fourth-order valence-corrected chi connectivity index (χ4v) is 2.42. The second kappa shape index (κ2) is 11.3. The Labute approximate surface area is 159 Å². The van der Waals surface area contributed by atoms with Gasteiger partial charge < -0.3 is 7.96 Å². The molecule has 1 unspecified atom stereocenters. The summed E-state index contributed by atoms with van der Waals surface area (Å²) in [4.78, 5) is 11.5. The molecule has 0 aromatic rings. The minimum absolute atomic E-state index is 0. The summed E-state index contributed by atoms with van der Waals surface area (Å²) in [5, 5.41) is 9.47. The standard InChI is InChI=1S/C17H34O2.Ca.2H/c1-6-7-8-9-10-11-12-13-14-17(5,15(18)19)16(2,3)4;;;/h6-14H2,1-5H3,(H,18,19);;;/q;+2;2*-1. The van der Waals surface area contributed by atoms with E-state index in [0.717, 1.165) is 12.8 Å². The second-order valence-electron chi connectivity index (χ2n) is 7.11. The van der Waals surface area contributed by atoms with E-state index in [0.29, 0.717) is 0 Å². The molecule has 0 spiro atoms. The predicted octanol–water partition coefficient (Wildman–Crippen LogP) is 5.50. The molecule has 0 aliphatic heterocycles. The van der Waals surface area contributed by atoms with E-state index in [-0.39, 0.29) is 46.0 Å². The molecule has 0 aliphatic rings. The van der Waals surface area contributed by atoms with Gasteiger partial charge in [-0.1, -0.05) is 79.1 Å². The summed E-state index contributed by atoms with van der Waals surface area (Å²) in [6, 6.07) is 0. The van der Waals surface area contributed by atoms with E-state index >= 15 is 0 Å². The molecule has 0 amide bonds. The molecule has 0 fully saturated rings. The van der Waals surface area contributed by atoms with Gasteiger partial charge in [0.2, 0.25) is 0 Å². The zero-order valence-corrected chi connectivity index (χ0v) is 16.6. The molecular weight excluding hydrogens is 276 g/mol. The normalized spacial score (nSPS) is 14.4. The molecule has 0 saturated carbocycles. The molecule has 3 heteroatoms. The van der Waals surface area contributed by atoms with Crippen LogP contribution in [0, 0.1) is 10.8 Å². The van der Waals surface area contributed by atoms with Crippen LogP contribution in [0.15, 0.2) is 0 Å². The van der Waals surface area contributed by atoms with Crippen LogP contribution in [0.4, 0.5) is 0 Å². The third-order valence-electron chi connectivity index (χ3n) is 4.66. The molecule has 20 heavy (non-hydrogen) atoms. The predicted molar refractivity (Wildman–Crippen MR) is 90.4 cm³/mol. The zero-order chi connectivity index (χ0) is 14.9. The van der Waals surface area contributed by atoms with Gasteiger partial charge in [-0.3, -0.25) is 4.79 Å². The van der Waals surface area contributed by atoms with Gasteiger partial charge in [0.1, 0.15) is 0 Å². The van der Waals surface area contributed by atoms with Gasteiger partial charge in [-0.2, -0.15) is 0 Å². The van der Waals surface area contributed by atoms with Gasteiger partial charge >= 0.3 is 43.7 Å². The Kier molecular flexibility index (Phi) is 13.0. The molecule has 0 saturated heterocycles. The topological polar surface area (TPSA) is 37.3 Å². The molecule has 2 nitrogen and oxygen atoms in total. The van der Waals surface area contributed by atoms with Gasteiger partial charge in [-0.25, -0.2) is 0 Å². The number of aliphatic carboxylic acids is 1. The van der Waals surface area contributed by atoms with Crippen molar-refractivity contribution in [1.82, 2.24) is 0 Å². The average Bonchev–Trinajstić information content (AvgIpc) is 2.30. The summed E-state index contributed by atoms with van der Waals surface area (Å²) >= 11 is 0. The number of rotatable bonds is 10. The van der Waals surface area contributed by atoms with Crippen molar-refractivity contribution in [3.63, 3.8) is 0 Å². The van der Waals surface area contributed by atoms with Crippen molar-refractivity contribution < 1.29 is 12.8 Å². The summed E-state index contributed by atoms with van der Waals surface area (Å²) in [5.41, 5.74) is -0.783. The van der Waals surface area contributed by atoms with Crippen LogP contribution in [0.25, 0.3) is 0 Å². The Morgan fingerprint density at radius 3 is 1.65 bits per heavy atom. The van der Waals surface area contributed by atoms with Gasteiger partial charge in [0.25, 0.3) is 0 Å². The Balaban J connectivity index is -0.000000540. The quantitative estimate of drug-likeness (QED) is 0.427. The van der Waals surface area contributed by atoms with Gasteiger partial charge in [-0.15, -0.1) is 0 Å². The Morgan fingerprint density at radius 1 is 0.900 bits per heavy atom. The Morgan fingerprint density at radius 2 is 1.30 bits per heavy atom. The number of carbonyl (C=O) groups is 1. The summed E-state index contributed by atoms with van der Waals surface area (Å²) in [7, 11) is 0. The van der Waals surface area contributed by atoms with Crippen LogP contribution in [0.5, 0.6) is 0 Å². The SMILES string of the molecule is CCCCCCCCCCC(C)(C(=O)O)C(C)(C)C.[Ca+2].[H-].[H-]. The first kappa shape index (κ1) is 23.0. The van der Waals surface area contributed by atoms with Crippen molar-refractivity contribution in [1.29, 1.82) is 0 Å². The Hall–Kier alpha value is 0.730. The van der Waals surface area contributed by atoms with E-state index < -0.39 is 11.4 Å². The molecule has 1 atom stereocenters. The van der Waals surface area contributed by atoms with Crippen LogP contribution < -0.4 is 0 Å². The van der Waals surface area contributed by atoms with E-state index in [9.17, 15) is 9.90 Å². The number of carboxylic acid groups (broad SMARTS) is 1. The van der Waals surface area contributed by atoms with Crippen molar-refractivity contribution in [2.75, 3.05) is 0 Å². The molecule has 0 bridgehead atoms. The molecule has 0 heterocycles. The number of hydrogen-bond acceptors (Lipinski definition) is 1. The second-order valence-corrected chi connectivity index (χ2v) is 7.11. The van der Waals surface area contributed by atoms with E-state index in [1.807, 2.05) is 27.7 Å². The van der Waals surface area contributed by atoms with E-state index in [2.05, 4.69) is 6.92 Å². The summed E-state index contributed by atoms with van der Waals surface area (Å²) < 4.78 is 0. The maximum absolute atomic E-state index is 11.5. The molecule has 0 aromatic heterocycles. The number of carboxylic acids is 1. The van der Waals surface area contributed by atoms with E-state index in [1.165, 1.54) is 44.9 Å². The van der Waals surface area contributed by atoms with Crippen LogP contribution in [-0.2, 0) is 4.79 Å². The van der Waals surface area contributed by atoms with Crippen LogP contribution >= 0.6 is 0 Å². The zero-order valence-electron chi connectivity index (χ0n) is 16.4. The monoisotopic (exact) mass is 312 g/mol. The average molecular weight is 313 g/mol. The number of hydrogen-bond donors (Lipinski definition) is 1. The first-order chi connectivity index (χ1) is 8.75. The molecule has 0 aliphatic carbocycles. The smallest absolute Gasteiger partial charge is 1.00 e. The third-order valence-corrected chi connectivity index (χ3v) is 4.66. The first-order valence-electron chi connectivity index (χ1n) is 7.99. The molecule has 0 aromatic carbocycles. The van der Waals surface area contributed by atoms with E-state index in [4.69, 9.17) is 0 Å². The molecule has 118 valence electrons. The largest absolute Gasteiger partial charge is 2.00 e. The van der Waals surface area contributed by atoms with Crippen molar-refractivity contribution in [2.24, 2.45) is 10.8 Å². The molecule has 0 radical (unpaired) electrons. The summed E-state index contributed by atoms with van der Waals surface area (Å²) in [6.07, 6.45) is 10.9. The molecule has 0 rings (SSSR count). The van der Waals surface area contributed by atoms with Crippen LogP contribution in [0.3, 0.4) is 0 Å². The first-order valence-corrected chi connectivity index (χ1v) is 7.99. The minimum atomic E-state index is -0.650. The fraction of sp³-hybridized carbons (Fsp3) is 0.941. The van der Waals surface area contributed by atoms with E-state index in [1.54, 1.807) is 0 Å². The maximum atomic E-state index is 11.5. The van der Waals surface area contributed by atoms with Crippen molar-refractivity contribution in [3.8, 4) is 0 Å². The summed E-state index contributed by atoms with van der Waals surface area (Å²) in [5.74, 6) is -0.650.